The van der Waals surface area contributed by atoms with Gasteiger partial charge in [0.2, 0.25) is 11.8 Å². The van der Waals surface area contributed by atoms with Gasteiger partial charge >= 0.3 is 0 Å². The lowest BCUT2D eigenvalue weighted by molar-refractivity contribution is -0.137. The van der Waals surface area contributed by atoms with Gasteiger partial charge in [0.1, 0.15) is 18.1 Å². The molecule has 0 atom stereocenters. The van der Waals surface area contributed by atoms with Gasteiger partial charge in [-0.25, -0.2) is 4.39 Å². The number of ketones is 2. The van der Waals surface area contributed by atoms with E-state index in [2.05, 4.69) is 15.4 Å². The number of nitrogens with one attached hydrogen (secondary N) is 1. The fourth-order valence-electron chi connectivity index (χ4n) is 4.65. The first kappa shape index (κ1) is 28.1. The van der Waals surface area contributed by atoms with Gasteiger partial charge in [-0.15, -0.1) is 0 Å². The van der Waals surface area contributed by atoms with Gasteiger partial charge in [-0.3, -0.25) is 28.8 Å². The van der Waals surface area contributed by atoms with Gasteiger partial charge in [0, 0.05) is 54.8 Å². The first-order valence-corrected chi connectivity index (χ1v) is 13.5. The molecular formula is C30H27ClFN5O4. The number of fused-ring (bicyclic) bond motifs is 1. The van der Waals surface area contributed by atoms with Crippen LogP contribution in [0.1, 0.15) is 51.7 Å². The molecule has 2 amide bonds. The monoisotopic (exact) mass is 575 g/mol. The van der Waals surface area contributed by atoms with Crippen LogP contribution in [0.5, 0.6) is 0 Å². The fraction of sp³-hybridized carbons (Fsp3) is 0.267. The first-order chi connectivity index (χ1) is 19.7. The van der Waals surface area contributed by atoms with Crippen molar-refractivity contribution in [3.8, 4) is 0 Å². The maximum absolute atomic E-state index is 14.2. The topological polar surface area (TPSA) is 114 Å². The van der Waals surface area contributed by atoms with E-state index in [4.69, 9.17) is 11.6 Å². The Hall–Kier alpha value is -4.44. The van der Waals surface area contributed by atoms with E-state index in [0.717, 1.165) is 12.8 Å². The van der Waals surface area contributed by atoms with Crippen LogP contribution in [0.2, 0.25) is 5.02 Å². The molecule has 9 nitrogen and oxygen atoms in total. The molecule has 1 aliphatic carbocycles. The molecule has 0 bridgehead atoms. The number of pyridine rings is 1. The Balaban J connectivity index is 1.30. The van der Waals surface area contributed by atoms with Crippen molar-refractivity contribution in [3.63, 3.8) is 0 Å². The predicted molar refractivity (Wildman–Crippen MR) is 150 cm³/mol. The third kappa shape index (κ3) is 6.49. The number of carbonyl (C=O) groups is 4. The van der Waals surface area contributed by atoms with Crippen molar-refractivity contribution in [2.45, 2.75) is 45.3 Å². The number of aromatic nitrogens is 3. The molecule has 2 aromatic carbocycles. The van der Waals surface area contributed by atoms with Crippen molar-refractivity contribution in [3.05, 3.63) is 94.1 Å². The van der Waals surface area contributed by atoms with E-state index in [1.807, 2.05) is 0 Å². The van der Waals surface area contributed by atoms with E-state index in [-0.39, 0.29) is 65.9 Å². The maximum Gasteiger partial charge on any atom is 0.245 e. The molecule has 210 valence electrons. The highest BCUT2D eigenvalue weighted by Gasteiger charge is 2.34. The molecule has 2 aromatic heterocycles. The molecular weight excluding hydrogens is 549 g/mol. The Bertz CT molecular complexity index is 1650. The Kier molecular flexibility index (Phi) is 8.21. The summed E-state index contributed by atoms with van der Waals surface area (Å²) in [6.07, 6.45) is 4.76. The number of benzene rings is 2. The lowest BCUT2D eigenvalue weighted by Gasteiger charge is -2.22. The normalized spacial score (nSPS) is 12.8. The van der Waals surface area contributed by atoms with Crippen LogP contribution in [-0.4, -0.2) is 55.6 Å². The number of Topliss-reactive ketones (excluding diaryl/α,β-unsaturated/α-hetero) is 2. The first-order valence-electron chi connectivity index (χ1n) is 13.1. The van der Waals surface area contributed by atoms with Gasteiger partial charge in [-0.05, 0) is 48.7 Å². The second-order valence-corrected chi connectivity index (χ2v) is 10.4. The number of hydrogen-bond donors (Lipinski definition) is 1. The third-order valence-corrected chi connectivity index (χ3v) is 7.20. The van der Waals surface area contributed by atoms with Crippen molar-refractivity contribution >= 4 is 45.9 Å². The molecule has 4 aromatic rings. The van der Waals surface area contributed by atoms with Crippen LogP contribution in [0.15, 0.2) is 60.9 Å². The number of hydrogen-bond acceptors (Lipinski definition) is 6. The summed E-state index contributed by atoms with van der Waals surface area (Å²) in [7, 11) is 0. The minimum atomic E-state index is -0.596. The predicted octanol–water partition coefficient (Wildman–Crippen LogP) is 4.16. The minimum Gasteiger partial charge on any atom is -0.350 e. The van der Waals surface area contributed by atoms with Gasteiger partial charge < -0.3 is 10.2 Å². The van der Waals surface area contributed by atoms with Crippen LogP contribution in [0, 0.1) is 5.82 Å². The summed E-state index contributed by atoms with van der Waals surface area (Å²) in [4.78, 5) is 56.6. The van der Waals surface area contributed by atoms with Gasteiger partial charge in [-0.1, -0.05) is 29.8 Å². The molecule has 41 heavy (non-hydrogen) atoms. The summed E-state index contributed by atoms with van der Waals surface area (Å²) in [6.45, 7) is 0.968. The maximum atomic E-state index is 14.2. The Morgan fingerprint density at radius 2 is 1.93 bits per heavy atom. The van der Waals surface area contributed by atoms with Gasteiger partial charge in [0.25, 0.3) is 0 Å². The van der Waals surface area contributed by atoms with Crippen LogP contribution in [-0.2, 0) is 29.1 Å². The zero-order valence-electron chi connectivity index (χ0n) is 22.3. The van der Waals surface area contributed by atoms with E-state index < -0.39 is 11.7 Å². The van der Waals surface area contributed by atoms with E-state index in [1.54, 1.807) is 42.6 Å². The standard InChI is InChI=1S/C30H27ClFN5O4/c1-18(38)30-23-12-19(13-26(39)20-5-3-11-33-14-20)7-10-25(23)37(35-30)17-28(41)36(22-8-9-22)16-27(40)34-15-21-4-2-6-24(31)29(21)32/h2-7,10-12,14,22H,8-9,13,15-17H2,1H3,(H,34,40). The Morgan fingerprint density at radius 1 is 1.12 bits per heavy atom. The molecule has 0 unspecified atom stereocenters. The number of carbonyl (C=O) groups excluding carboxylic acids is 4. The average Bonchev–Trinajstić information content (AvgIpc) is 3.74. The summed E-state index contributed by atoms with van der Waals surface area (Å²) in [5, 5.41) is 7.57. The summed E-state index contributed by atoms with van der Waals surface area (Å²) in [5.74, 6) is -1.74. The third-order valence-electron chi connectivity index (χ3n) is 6.91. The molecule has 2 heterocycles. The van der Waals surface area contributed by atoms with Crippen molar-refractivity contribution in [2.24, 2.45) is 0 Å². The SMILES string of the molecule is CC(=O)c1nn(CC(=O)N(CC(=O)NCc2cccc(Cl)c2F)C2CC2)c2ccc(CC(=O)c3cccnc3)cc12. The quantitative estimate of drug-likeness (QED) is 0.269. The summed E-state index contributed by atoms with van der Waals surface area (Å²) < 4.78 is 15.6. The second-order valence-electron chi connectivity index (χ2n) is 10.00. The largest absolute Gasteiger partial charge is 0.350 e. The highest BCUT2D eigenvalue weighted by atomic mass is 35.5. The van der Waals surface area contributed by atoms with Crippen LogP contribution >= 0.6 is 11.6 Å². The molecule has 1 saturated carbocycles. The Labute approximate surface area is 240 Å². The number of halogens is 2. The number of nitrogens with zero attached hydrogens (tertiary/aromatic N) is 4. The van der Waals surface area contributed by atoms with Gasteiger partial charge in [0.05, 0.1) is 17.1 Å². The zero-order chi connectivity index (χ0) is 29.1. The van der Waals surface area contributed by atoms with Crippen molar-refractivity contribution in [2.75, 3.05) is 6.54 Å². The van der Waals surface area contributed by atoms with E-state index in [1.165, 1.54) is 34.8 Å². The van der Waals surface area contributed by atoms with Crippen LogP contribution < -0.4 is 5.32 Å². The van der Waals surface area contributed by atoms with Gasteiger partial charge in [0.15, 0.2) is 11.6 Å². The average molecular weight is 576 g/mol. The molecule has 0 radical (unpaired) electrons. The summed E-state index contributed by atoms with van der Waals surface area (Å²) >= 11 is 5.81. The van der Waals surface area contributed by atoms with E-state index >= 15 is 0 Å². The van der Waals surface area contributed by atoms with Gasteiger partial charge in [-0.2, -0.15) is 5.10 Å². The van der Waals surface area contributed by atoms with E-state index in [0.29, 0.717) is 22.0 Å². The molecule has 11 heteroatoms. The molecule has 0 spiro atoms. The Morgan fingerprint density at radius 3 is 2.63 bits per heavy atom. The number of amides is 2. The summed E-state index contributed by atoms with van der Waals surface area (Å²) in [6, 6.07) is 13.1. The highest BCUT2D eigenvalue weighted by Crippen LogP contribution is 2.28. The molecule has 0 saturated heterocycles. The van der Waals surface area contributed by atoms with Crippen LogP contribution in [0.3, 0.4) is 0 Å². The molecule has 1 N–H and O–H groups in total. The number of rotatable bonds is 11. The lowest BCUT2D eigenvalue weighted by atomic mass is 10.0. The molecule has 0 aliphatic heterocycles. The zero-order valence-corrected chi connectivity index (χ0v) is 23.0. The lowest BCUT2D eigenvalue weighted by Crippen LogP contribution is -2.43. The van der Waals surface area contributed by atoms with E-state index in [9.17, 15) is 23.6 Å². The van der Waals surface area contributed by atoms with Crippen molar-refractivity contribution in [1.82, 2.24) is 25.0 Å². The minimum absolute atomic E-state index is 0.0323. The molecule has 1 aliphatic rings. The fourth-order valence-corrected chi connectivity index (χ4v) is 4.84. The molecule has 1 fully saturated rings. The smallest absolute Gasteiger partial charge is 0.245 e. The van der Waals surface area contributed by atoms with Crippen molar-refractivity contribution in [1.29, 1.82) is 0 Å². The van der Waals surface area contributed by atoms with Crippen LogP contribution in [0.4, 0.5) is 4.39 Å². The van der Waals surface area contributed by atoms with Crippen LogP contribution in [0.25, 0.3) is 10.9 Å². The molecule has 5 rings (SSSR count). The van der Waals surface area contributed by atoms with Crippen molar-refractivity contribution < 1.29 is 23.6 Å². The second kappa shape index (κ2) is 12.0. The highest BCUT2D eigenvalue weighted by molar-refractivity contribution is 6.30. The summed E-state index contributed by atoms with van der Waals surface area (Å²) in [5.41, 5.74) is 2.20.